The highest BCUT2D eigenvalue weighted by atomic mass is 79.9. The number of hydrogen-bond acceptors (Lipinski definition) is 4. The van der Waals surface area contributed by atoms with E-state index in [0.29, 0.717) is 0 Å². The molecule has 0 radical (unpaired) electrons. The smallest absolute Gasteiger partial charge is 0.331 e. The molecule has 5 heteroatoms. The molecule has 3 atom stereocenters. The molecule has 0 spiro atoms. The monoisotopic (exact) mass is 327 g/mol. The van der Waals surface area contributed by atoms with Crippen molar-refractivity contribution in [3.63, 3.8) is 0 Å². The molecular formula is C14H18BrNO3. The van der Waals surface area contributed by atoms with Crippen LogP contribution in [0.15, 0.2) is 28.7 Å². The van der Waals surface area contributed by atoms with E-state index in [1.807, 2.05) is 31.2 Å². The van der Waals surface area contributed by atoms with Gasteiger partial charge in [-0.15, -0.1) is 0 Å². The fourth-order valence-electron chi connectivity index (χ4n) is 2.27. The maximum absolute atomic E-state index is 11.9. The Morgan fingerprint density at radius 1 is 1.53 bits per heavy atom. The van der Waals surface area contributed by atoms with E-state index in [1.54, 1.807) is 0 Å². The number of ether oxygens (including phenoxy) is 2. The Morgan fingerprint density at radius 3 is 2.89 bits per heavy atom. The van der Waals surface area contributed by atoms with Crippen molar-refractivity contribution < 1.29 is 14.3 Å². The Kier molecular flexibility index (Phi) is 4.82. The molecule has 0 aromatic heterocycles. The van der Waals surface area contributed by atoms with Crippen LogP contribution < -0.4 is 5.32 Å². The molecule has 3 unspecified atom stereocenters. The zero-order chi connectivity index (χ0) is 13.8. The van der Waals surface area contributed by atoms with Gasteiger partial charge in [-0.2, -0.15) is 0 Å². The van der Waals surface area contributed by atoms with E-state index >= 15 is 0 Å². The van der Waals surface area contributed by atoms with E-state index in [4.69, 9.17) is 9.47 Å². The van der Waals surface area contributed by atoms with E-state index in [-0.39, 0.29) is 18.2 Å². The van der Waals surface area contributed by atoms with Crippen LogP contribution in [0.5, 0.6) is 0 Å². The predicted molar refractivity (Wildman–Crippen MR) is 77.1 cm³/mol. The molecule has 1 aliphatic heterocycles. The van der Waals surface area contributed by atoms with Gasteiger partial charge in [0.05, 0.1) is 19.3 Å². The highest BCUT2D eigenvalue weighted by Crippen LogP contribution is 2.25. The summed E-state index contributed by atoms with van der Waals surface area (Å²) < 4.78 is 11.6. The van der Waals surface area contributed by atoms with Crippen LogP contribution in [0.1, 0.15) is 19.8 Å². The molecule has 1 fully saturated rings. The topological polar surface area (TPSA) is 47.6 Å². The van der Waals surface area contributed by atoms with Crippen LogP contribution in [-0.2, 0) is 14.3 Å². The molecule has 1 heterocycles. The molecule has 4 nitrogen and oxygen atoms in total. The number of halogens is 1. The van der Waals surface area contributed by atoms with Crippen molar-refractivity contribution in [3.05, 3.63) is 28.7 Å². The van der Waals surface area contributed by atoms with Crippen LogP contribution in [0.25, 0.3) is 0 Å². The summed E-state index contributed by atoms with van der Waals surface area (Å²) in [4.78, 5) is 11.9. The highest BCUT2D eigenvalue weighted by Gasteiger charge is 2.35. The van der Waals surface area contributed by atoms with Gasteiger partial charge in [0.2, 0.25) is 0 Å². The van der Waals surface area contributed by atoms with Crippen LogP contribution in [0.3, 0.4) is 0 Å². The van der Waals surface area contributed by atoms with E-state index in [9.17, 15) is 4.79 Å². The number of benzene rings is 1. The number of esters is 1. The minimum atomic E-state index is -0.468. The van der Waals surface area contributed by atoms with Gasteiger partial charge < -0.3 is 14.8 Å². The fourth-order valence-corrected chi connectivity index (χ4v) is 2.67. The largest absolute Gasteiger partial charge is 0.467 e. The summed E-state index contributed by atoms with van der Waals surface area (Å²) in [6.07, 6.45) is 1.89. The Morgan fingerprint density at radius 2 is 2.32 bits per heavy atom. The molecule has 2 rings (SSSR count). The van der Waals surface area contributed by atoms with Gasteiger partial charge in [-0.25, -0.2) is 4.79 Å². The number of carbonyl (C=O) groups excluding carboxylic acids is 1. The zero-order valence-corrected chi connectivity index (χ0v) is 12.6. The Labute approximate surface area is 121 Å². The van der Waals surface area contributed by atoms with Gasteiger partial charge in [0, 0.05) is 10.2 Å². The summed E-state index contributed by atoms with van der Waals surface area (Å²) in [6, 6.07) is 7.22. The molecule has 1 saturated heterocycles. The van der Waals surface area contributed by atoms with Crippen LogP contribution >= 0.6 is 15.9 Å². The van der Waals surface area contributed by atoms with Crippen molar-refractivity contribution in [1.29, 1.82) is 0 Å². The first-order chi connectivity index (χ1) is 9.10. The normalized spacial score (nSPS) is 23.9. The van der Waals surface area contributed by atoms with Crippen LogP contribution in [-0.4, -0.2) is 31.3 Å². The molecule has 1 N–H and O–H groups in total. The molecule has 0 aliphatic carbocycles. The third-order valence-electron chi connectivity index (χ3n) is 3.24. The van der Waals surface area contributed by atoms with Gasteiger partial charge in [0.15, 0.2) is 6.04 Å². The average Bonchev–Trinajstić information content (AvgIpc) is 2.81. The van der Waals surface area contributed by atoms with E-state index in [0.717, 1.165) is 23.0 Å². The summed E-state index contributed by atoms with van der Waals surface area (Å²) >= 11 is 3.41. The van der Waals surface area contributed by atoms with E-state index in [1.165, 1.54) is 7.11 Å². The third kappa shape index (κ3) is 3.70. The minimum Gasteiger partial charge on any atom is -0.467 e. The molecular weight excluding hydrogens is 310 g/mol. The number of carbonyl (C=O) groups is 1. The highest BCUT2D eigenvalue weighted by molar-refractivity contribution is 9.10. The molecule has 0 saturated carbocycles. The zero-order valence-electron chi connectivity index (χ0n) is 11.1. The lowest BCUT2D eigenvalue weighted by molar-refractivity contribution is -0.144. The van der Waals surface area contributed by atoms with Crippen molar-refractivity contribution in [2.24, 2.45) is 0 Å². The standard InChI is InChI=1S/C14H18BrNO3/c1-9-6-7-12(19-9)13(14(17)18-2)16-11-5-3-4-10(15)8-11/h3-5,8-9,12-13,16H,6-7H2,1-2H3. The summed E-state index contributed by atoms with van der Waals surface area (Å²) in [5.74, 6) is -0.293. The van der Waals surface area contributed by atoms with Crippen molar-refractivity contribution in [3.8, 4) is 0 Å². The first-order valence-electron chi connectivity index (χ1n) is 6.35. The molecule has 0 bridgehead atoms. The quantitative estimate of drug-likeness (QED) is 0.864. The minimum absolute atomic E-state index is 0.138. The van der Waals surface area contributed by atoms with E-state index in [2.05, 4.69) is 21.2 Å². The fraction of sp³-hybridized carbons (Fsp3) is 0.500. The molecule has 1 aliphatic rings. The van der Waals surface area contributed by atoms with Gasteiger partial charge in [0.1, 0.15) is 0 Å². The second kappa shape index (κ2) is 6.39. The maximum atomic E-state index is 11.9. The first-order valence-corrected chi connectivity index (χ1v) is 7.15. The average molecular weight is 328 g/mol. The van der Waals surface area contributed by atoms with Crippen molar-refractivity contribution in [2.45, 2.75) is 38.0 Å². The second-order valence-electron chi connectivity index (χ2n) is 4.72. The van der Waals surface area contributed by atoms with Gasteiger partial charge >= 0.3 is 5.97 Å². The third-order valence-corrected chi connectivity index (χ3v) is 3.73. The summed E-state index contributed by atoms with van der Waals surface area (Å²) in [7, 11) is 1.40. The molecule has 19 heavy (non-hydrogen) atoms. The van der Waals surface area contributed by atoms with Gasteiger partial charge in [0.25, 0.3) is 0 Å². The van der Waals surface area contributed by atoms with Crippen LogP contribution in [0.2, 0.25) is 0 Å². The summed E-state index contributed by atoms with van der Waals surface area (Å²) in [5, 5.41) is 3.20. The summed E-state index contributed by atoms with van der Waals surface area (Å²) in [5.41, 5.74) is 0.868. The summed E-state index contributed by atoms with van der Waals surface area (Å²) in [6.45, 7) is 2.02. The molecule has 104 valence electrons. The van der Waals surface area contributed by atoms with E-state index < -0.39 is 6.04 Å². The lowest BCUT2D eigenvalue weighted by Crippen LogP contribution is -2.41. The Hall–Kier alpha value is -1.07. The lowest BCUT2D eigenvalue weighted by Gasteiger charge is -2.23. The number of rotatable bonds is 4. The molecule has 1 aromatic carbocycles. The van der Waals surface area contributed by atoms with Crippen LogP contribution in [0.4, 0.5) is 5.69 Å². The second-order valence-corrected chi connectivity index (χ2v) is 5.63. The Balaban J connectivity index is 2.12. The molecule has 0 amide bonds. The number of methoxy groups -OCH3 is 1. The number of anilines is 1. The Bertz CT molecular complexity index is 452. The van der Waals surface area contributed by atoms with Gasteiger partial charge in [-0.05, 0) is 38.0 Å². The maximum Gasteiger partial charge on any atom is 0.331 e. The predicted octanol–water partition coefficient (Wildman–Crippen LogP) is 2.97. The first kappa shape index (κ1) is 14.3. The van der Waals surface area contributed by atoms with Crippen molar-refractivity contribution in [1.82, 2.24) is 0 Å². The molecule has 1 aromatic rings. The van der Waals surface area contributed by atoms with Gasteiger partial charge in [-0.1, -0.05) is 22.0 Å². The van der Waals surface area contributed by atoms with Crippen LogP contribution in [0, 0.1) is 0 Å². The van der Waals surface area contributed by atoms with Crippen molar-refractivity contribution >= 4 is 27.6 Å². The van der Waals surface area contributed by atoms with Gasteiger partial charge in [-0.3, -0.25) is 0 Å². The lowest BCUT2D eigenvalue weighted by atomic mass is 10.1. The SMILES string of the molecule is COC(=O)C(Nc1cccc(Br)c1)C1CCC(C)O1. The number of nitrogens with one attached hydrogen (secondary N) is 1. The van der Waals surface area contributed by atoms with Crippen molar-refractivity contribution in [2.75, 3.05) is 12.4 Å². The number of hydrogen-bond donors (Lipinski definition) is 1.